The van der Waals surface area contributed by atoms with Gasteiger partial charge < -0.3 is 15.0 Å². The number of para-hydroxylation sites is 2. The van der Waals surface area contributed by atoms with E-state index in [0.717, 1.165) is 16.7 Å². The van der Waals surface area contributed by atoms with Crippen LogP contribution in [0.25, 0.3) is 17.0 Å². The first kappa shape index (κ1) is 12.7. The van der Waals surface area contributed by atoms with Crippen molar-refractivity contribution >= 4 is 16.9 Å². The zero-order valence-corrected chi connectivity index (χ0v) is 11.6. The molecule has 104 valence electrons. The Morgan fingerprint density at radius 1 is 1.30 bits per heavy atom. The van der Waals surface area contributed by atoms with Crippen molar-refractivity contribution in [2.24, 2.45) is 0 Å². The molecule has 0 aliphatic heterocycles. The molecule has 1 aromatic carbocycles. The summed E-state index contributed by atoms with van der Waals surface area (Å²) in [6, 6.07) is 9.81. The first-order valence-corrected chi connectivity index (χ1v) is 6.47. The van der Waals surface area contributed by atoms with Gasteiger partial charge in [0.25, 0.3) is 0 Å². The highest BCUT2D eigenvalue weighted by molar-refractivity contribution is 5.77. The Morgan fingerprint density at radius 3 is 2.80 bits per heavy atom. The van der Waals surface area contributed by atoms with Gasteiger partial charge in [-0.2, -0.15) is 9.78 Å². The van der Waals surface area contributed by atoms with Crippen LogP contribution >= 0.6 is 0 Å². The quantitative estimate of drug-likeness (QED) is 0.785. The van der Waals surface area contributed by atoms with Crippen LogP contribution in [0.3, 0.4) is 0 Å². The standard InChI is InChI=1S/C14H17N5O/c1-10-9-13(15)19(17-10)14-16-11-5-3-4-6-12(11)18(14)7-8-20-2/h3-6,9H,7-8,15H2,1-2H3. The van der Waals surface area contributed by atoms with Gasteiger partial charge in [0, 0.05) is 19.7 Å². The third-order valence-electron chi connectivity index (χ3n) is 3.20. The molecule has 6 heteroatoms. The maximum atomic E-state index is 6.01. The zero-order chi connectivity index (χ0) is 14.1. The van der Waals surface area contributed by atoms with Gasteiger partial charge in [-0.25, -0.2) is 4.98 Å². The molecule has 2 N–H and O–H groups in total. The van der Waals surface area contributed by atoms with E-state index >= 15 is 0 Å². The number of nitrogen functional groups attached to an aromatic ring is 1. The van der Waals surface area contributed by atoms with Gasteiger partial charge in [-0.15, -0.1) is 0 Å². The minimum Gasteiger partial charge on any atom is -0.383 e. The van der Waals surface area contributed by atoms with Crippen LogP contribution in [0.4, 0.5) is 5.82 Å². The van der Waals surface area contributed by atoms with Crippen LogP contribution in [-0.4, -0.2) is 33.0 Å². The van der Waals surface area contributed by atoms with Crippen LogP contribution in [0.15, 0.2) is 30.3 Å². The van der Waals surface area contributed by atoms with E-state index in [1.807, 2.05) is 37.3 Å². The van der Waals surface area contributed by atoms with Crippen LogP contribution in [0.2, 0.25) is 0 Å². The van der Waals surface area contributed by atoms with Gasteiger partial charge in [0.15, 0.2) is 0 Å². The van der Waals surface area contributed by atoms with E-state index in [0.29, 0.717) is 24.9 Å². The number of fused-ring (bicyclic) bond motifs is 1. The Morgan fingerprint density at radius 2 is 2.10 bits per heavy atom. The zero-order valence-electron chi connectivity index (χ0n) is 11.6. The number of benzene rings is 1. The molecule has 20 heavy (non-hydrogen) atoms. The molecule has 0 spiro atoms. The number of imidazole rings is 1. The van der Waals surface area contributed by atoms with Crippen molar-refractivity contribution in [3.05, 3.63) is 36.0 Å². The molecule has 0 unspecified atom stereocenters. The fraction of sp³-hybridized carbons (Fsp3) is 0.286. The second kappa shape index (κ2) is 4.97. The van der Waals surface area contributed by atoms with Crippen LogP contribution in [0.5, 0.6) is 0 Å². The lowest BCUT2D eigenvalue weighted by Gasteiger charge is -2.09. The van der Waals surface area contributed by atoms with Gasteiger partial charge in [-0.3, -0.25) is 0 Å². The van der Waals surface area contributed by atoms with E-state index in [1.54, 1.807) is 11.8 Å². The second-order valence-electron chi connectivity index (χ2n) is 4.67. The predicted molar refractivity (Wildman–Crippen MR) is 77.9 cm³/mol. The molecule has 0 saturated carbocycles. The van der Waals surface area contributed by atoms with E-state index < -0.39 is 0 Å². The highest BCUT2D eigenvalue weighted by Gasteiger charge is 2.15. The SMILES string of the molecule is COCCn1c(-n2nc(C)cc2N)nc2ccccc21. The average Bonchev–Trinajstić information content (AvgIpc) is 2.96. The lowest BCUT2D eigenvalue weighted by molar-refractivity contribution is 0.188. The Hall–Kier alpha value is -2.34. The van der Waals surface area contributed by atoms with Crippen molar-refractivity contribution in [3.8, 4) is 5.95 Å². The fourth-order valence-electron chi connectivity index (χ4n) is 2.31. The molecule has 0 aliphatic rings. The molecule has 3 rings (SSSR count). The van der Waals surface area contributed by atoms with E-state index in [4.69, 9.17) is 10.5 Å². The van der Waals surface area contributed by atoms with Gasteiger partial charge in [-0.05, 0) is 19.1 Å². The molecule has 6 nitrogen and oxygen atoms in total. The first-order valence-electron chi connectivity index (χ1n) is 6.47. The average molecular weight is 271 g/mol. The summed E-state index contributed by atoms with van der Waals surface area (Å²) >= 11 is 0. The molecule has 2 heterocycles. The van der Waals surface area contributed by atoms with E-state index in [2.05, 4.69) is 14.6 Å². The number of nitrogens with zero attached hydrogens (tertiary/aromatic N) is 4. The topological polar surface area (TPSA) is 70.9 Å². The normalized spacial score (nSPS) is 11.3. The number of hydrogen-bond donors (Lipinski definition) is 1. The Bertz CT molecular complexity index is 743. The number of aromatic nitrogens is 4. The van der Waals surface area contributed by atoms with E-state index in [-0.39, 0.29) is 0 Å². The number of aryl methyl sites for hydroxylation is 1. The molecule has 0 fully saturated rings. The molecule has 0 aliphatic carbocycles. The minimum atomic E-state index is 0.580. The lowest BCUT2D eigenvalue weighted by atomic mass is 10.3. The molecule has 0 atom stereocenters. The summed E-state index contributed by atoms with van der Waals surface area (Å²) < 4.78 is 8.92. The molecular weight excluding hydrogens is 254 g/mol. The van der Waals surface area contributed by atoms with Crippen LogP contribution in [0, 0.1) is 6.92 Å². The summed E-state index contributed by atoms with van der Waals surface area (Å²) in [7, 11) is 1.69. The highest BCUT2D eigenvalue weighted by atomic mass is 16.5. The van der Waals surface area contributed by atoms with Crippen LogP contribution in [0.1, 0.15) is 5.69 Å². The summed E-state index contributed by atoms with van der Waals surface area (Å²) in [5.74, 6) is 1.30. The number of ether oxygens (including phenoxy) is 1. The maximum Gasteiger partial charge on any atom is 0.233 e. The molecule has 0 bridgehead atoms. The molecule has 0 saturated heterocycles. The van der Waals surface area contributed by atoms with Crippen molar-refractivity contribution in [1.29, 1.82) is 0 Å². The second-order valence-corrected chi connectivity index (χ2v) is 4.67. The smallest absolute Gasteiger partial charge is 0.233 e. The number of methoxy groups -OCH3 is 1. The van der Waals surface area contributed by atoms with Crippen molar-refractivity contribution in [2.45, 2.75) is 13.5 Å². The summed E-state index contributed by atoms with van der Waals surface area (Å²) in [4.78, 5) is 4.64. The molecule has 3 aromatic rings. The largest absolute Gasteiger partial charge is 0.383 e. The van der Waals surface area contributed by atoms with Crippen LogP contribution < -0.4 is 5.73 Å². The molecule has 0 radical (unpaired) electrons. The fourth-order valence-corrected chi connectivity index (χ4v) is 2.31. The van der Waals surface area contributed by atoms with Crippen molar-refractivity contribution in [2.75, 3.05) is 19.5 Å². The van der Waals surface area contributed by atoms with Gasteiger partial charge in [-0.1, -0.05) is 12.1 Å². The molecule has 0 amide bonds. The monoisotopic (exact) mass is 271 g/mol. The number of nitrogens with two attached hydrogens (primary N) is 1. The van der Waals surface area contributed by atoms with E-state index in [1.165, 1.54) is 0 Å². The molecule has 2 aromatic heterocycles. The third kappa shape index (κ3) is 2.04. The Labute approximate surface area is 116 Å². The Balaban J connectivity index is 2.20. The Kier molecular flexibility index (Phi) is 3.15. The number of hydrogen-bond acceptors (Lipinski definition) is 4. The van der Waals surface area contributed by atoms with Gasteiger partial charge >= 0.3 is 0 Å². The van der Waals surface area contributed by atoms with Gasteiger partial charge in [0.2, 0.25) is 5.95 Å². The molecular formula is C14H17N5O. The summed E-state index contributed by atoms with van der Waals surface area (Å²) in [5, 5.41) is 4.41. The number of anilines is 1. The predicted octanol–water partition coefficient (Wildman–Crippen LogP) is 1.76. The summed E-state index contributed by atoms with van der Waals surface area (Å²) in [6.07, 6.45) is 0. The number of rotatable bonds is 4. The van der Waals surface area contributed by atoms with Crippen molar-refractivity contribution < 1.29 is 4.74 Å². The highest BCUT2D eigenvalue weighted by Crippen LogP contribution is 2.21. The third-order valence-corrected chi connectivity index (χ3v) is 3.20. The maximum absolute atomic E-state index is 6.01. The van der Waals surface area contributed by atoms with Crippen molar-refractivity contribution in [3.63, 3.8) is 0 Å². The van der Waals surface area contributed by atoms with Gasteiger partial charge in [0.1, 0.15) is 5.82 Å². The lowest BCUT2D eigenvalue weighted by Crippen LogP contribution is -2.13. The van der Waals surface area contributed by atoms with E-state index in [9.17, 15) is 0 Å². The first-order chi connectivity index (χ1) is 9.70. The minimum absolute atomic E-state index is 0.580. The van der Waals surface area contributed by atoms with Crippen LogP contribution in [-0.2, 0) is 11.3 Å². The van der Waals surface area contributed by atoms with Crippen molar-refractivity contribution in [1.82, 2.24) is 19.3 Å². The van der Waals surface area contributed by atoms with Gasteiger partial charge in [0.05, 0.1) is 23.3 Å². The summed E-state index contributed by atoms with van der Waals surface area (Å²) in [6.45, 7) is 3.22. The summed E-state index contributed by atoms with van der Waals surface area (Å²) in [5.41, 5.74) is 8.85.